The van der Waals surface area contributed by atoms with E-state index >= 15 is 0 Å². The number of hydrogen-bond donors (Lipinski definition) is 2. The van der Waals surface area contributed by atoms with Crippen LogP contribution in [0.3, 0.4) is 0 Å². The summed E-state index contributed by atoms with van der Waals surface area (Å²) in [5.41, 5.74) is 5.32. The van der Waals surface area contributed by atoms with Gasteiger partial charge in [-0.15, -0.1) is 0 Å². The molecule has 0 aliphatic carbocycles. The Hall–Kier alpha value is -3.48. The van der Waals surface area contributed by atoms with Gasteiger partial charge in [0.15, 0.2) is 18.1 Å². The maximum atomic E-state index is 11.8. The van der Waals surface area contributed by atoms with Crippen molar-refractivity contribution in [2.75, 3.05) is 20.3 Å². The Kier molecular flexibility index (Phi) is 7.71. The van der Waals surface area contributed by atoms with Crippen LogP contribution in [0.1, 0.15) is 12.5 Å². The predicted molar refractivity (Wildman–Crippen MR) is 101 cm³/mol. The molecule has 2 aromatic rings. The molecule has 7 nitrogen and oxygen atoms in total. The summed E-state index contributed by atoms with van der Waals surface area (Å²) in [6, 6.07) is 14.3. The third-order valence-corrected chi connectivity index (χ3v) is 3.39. The molecule has 7 heteroatoms. The second kappa shape index (κ2) is 10.5. The Balaban J connectivity index is 1.80. The molecule has 2 N–H and O–H groups in total. The van der Waals surface area contributed by atoms with Crippen LogP contribution in [0.4, 0.5) is 0 Å². The van der Waals surface area contributed by atoms with Gasteiger partial charge in [0.25, 0.3) is 11.8 Å². The fourth-order valence-corrected chi connectivity index (χ4v) is 2.17. The van der Waals surface area contributed by atoms with Crippen molar-refractivity contribution in [3.8, 4) is 17.2 Å². The van der Waals surface area contributed by atoms with Crippen LogP contribution in [0.5, 0.6) is 17.2 Å². The highest BCUT2D eigenvalue weighted by molar-refractivity contribution is 5.93. The van der Waals surface area contributed by atoms with E-state index in [1.54, 1.807) is 37.5 Å². The molecule has 0 fully saturated rings. The van der Waals surface area contributed by atoms with E-state index in [4.69, 9.17) is 14.2 Å². The average Bonchev–Trinajstić information content (AvgIpc) is 2.70. The SMILES string of the molecule is CCOc1ccccc1OCC(=O)NNC(=O)/C=C/c1ccccc1OC. The maximum Gasteiger partial charge on any atom is 0.276 e. The zero-order chi connectivity index (χ0) is 19.5. The zero-order valence-electron chi connectivity index (χ0n) is 15.2. The number of ether oxygens (including phenoxy) is 3. The van der Waals surface area contributed by atoms with Crippen molar-refractivity contribution in [1.29, 1.82) is 0 Å². The summed E-state index contributed by atoms with van der Waals surface area (Å²) in [5.74, 6) is 0.671. The largest absolute Gasteiger partial charge is 0.496 e. The first kappa shape index (κ1) is 19.8. The molecule has 2 amide bonds. The normalized spacial score (nSPS) is 10.3. The minimum atomic E-state index is -0.500. The van der Waals surface area contributed by atoms with Gasteiger partial charge in [-0.2, -0.15) is 0 Å². The molecule has 0 saturated carbocycles. The number of hydrogen-bond acceptors (Lipinski definition) is 5. The molecule has 0 heterocycles. The third kappa shape index (κ3) is 6.39. The fourth-order valence-electron chi connectivity index (χ4n) is 2.17. The number of hydrazine groups is 1. The standard InChI is InChI=1S/C20H22N2O5/c1-3-26-17-10-6-7-11-18(17)27-14-20(24)22-21-19(23)13-12-15-8-4-5-9-16(15)25-2/h4-13H,3,14H2,1-2H3,(H,21,23)(H,22,24)/b13-12+. The number of nitrogens with one attached hydrogen (secondary N) is 2. The van der Waals surface area contributed by atoms with Crippen LogP contribution < -0.4 is 25.1 Å². The molecule has 0 unspecified atom stereocenters. The number of carbonyl (C=O) groups is 2. The Labute approximate surface area is 157 Å². The number of rotatable bonds is 8. The highest BCUT2D eigenvalue weighted by atomic mass is 16.5. The van der Waals surface area contributed by atoms with Crippen molar-refractivity contribution < 1.29 is 23.8 Å². The first-order chi connectivity index (χ1) is 13.1. The van der Waals surface area contributed by atoms with Gasteiger partial charge in [0.2, 0.25) is 0 Å². The van der Waals surface area contributed by atoms with Crippen LogP contribution in [-0.4, -0.2) is 32.1 Å². The maximum absolute atomic E-state index is 11.8. The van der Waals surface area contributed by atoms with E-state index in [2.05, 4.69) is 10.9 Å². The molecule has 0 aliphatic rings. The van der Waals surface area contributed by atoms with Crippen LogP contribution in [-0.2, 0) is 9.59 Å². The Morgan fingerprint density at radius 1 is 0.926 bits per heavy atom. The quantitative estimate of drug-likeness (QED) is 0.550. The monoisotopic (exact) mass is 370 g/mol. The highest BCUT2D eigenvalue weighted by Crippen LogP contribution is 2.26. The van der Waals surface area contributed by atoms with Gasteiger partial charge in [0.05, 0.1) is 13.7 Å². The highest BCUT2D eigenvalue weighted by Gasteiger charge is 2.08. The minimum Gasteiger partial charge on any atom is -0.496 e. The predicted octanol–water partition coefficient (Wildman–Crippen LogP) is 2.33. The molecule has 0 bridgehead atoms. The fraction of sp³-hybridized carbons (Fsp3) is 0.200. The summed E-state index contributed by atoms with van der Waals surface area (Å²) in [6.07, 6.45) is 2.89. The molecule has 0 radical (unpaired) electrons. The van der Waals surface area contributed by atoms with Crippen LogP contribution >= 0.6 is 0 Å². The average molecular weight is 370 g/mol. The number of amides is 2. The zero-order valence-corrected chi connectivity index (χ0v) is 15.2. The van der Waals surface area contributed by atoms with E-state index in [0.717, 1.165) is 5.56 Å². The lowest BCUT2D eigenvalue weighted by Crippen LogP contribution is -2.43. The van der Waals surface area contributed by atoms with Crippen LogP contribution in [0.2, 0.25) is 0 Å². The lowest BCUT2D eigenvalue weighted by molar-refractivity contribution is -0.128. The first-order valence-electron chi connectivity index (χ1n) is 8.38. The van der Waals surface area contributed by atoms with Crippen molar-refractivity contribution >= 4 is 17.9 Å². The molecule has 0 aliphatic heterocycles. The van der Waals surface area contributed by atoms with Crippen LogP contribution in [0, 0.1) is 0 Å². The van der Waals surface area contributed by atoms with E-state index in [0.29, 0.717) is 23.9 Å². The Bertz CT molecular complexity index is 804. The summed E-state index contributed by atoms with van der Waals surface area (Å²) in [7, 11) is 1.55. The summed E-state index contributed by atoms with van der Waals surface area (Å²) >= 11 is 0. The number of carbonyl (C=O) groups excluding carboxylic acids is 2. The topological polar surface area (TPSA) is 85.9 Å². The van der Waals surface area contributed by atoms with Gasteiger partial charge in [0.1, 0.15) is 5.75 Å². The van der Waals surface area contributed by atoms with Gasteiger partial charge >= 0.3 is 0 Å². The Morgan fingerprint density at radius 2 is 1.56 bits per heavy atom. The number of benzene rings is 2. The van der Waals surface area contributed by atoms with Crippen molar-refractivity contribution in [2.45, 2.75) is 6.92 Å². The van der Waals surface area contributed by atoms with Crippen molar-refractivity contribution in [3.05, 3.63) is 60.2 Å². The lowest BCUT2D eigenvalue weighted by Gasteiger charge is -2.11. The van der Waals surface area contributed by atoms with E-state index in [9.17, 15) is 9.59 Å². The number of methoxy groups -OCH3 is 1. The smallest absolute Gasteiger partial charge is 0.276 e. The van der Waals surface area contributed by atoms with E-state index in [1.807, 2.05) is 31.2 Å². The molecular weight excluding hydrogens is 348 g/mol. The molecule has 0 spiro atoms. The molecular formula is C20H22N2O5. The molecule has 0 atom stereocenters. The number of para-hydroxylation sites is 3. The molecule has 0 saturated heterocycles. The summed E-state index contributed by atoms with van der Waals surface area (Å²) < 4.78 is 16.0. The summed E-state index contributed by atoms with van der Waals surface area (Å²) in [4.78, 5) is 23.6. The molecule has 142 valence electrons. The summed E-state index contributed by atoms with van der Waals surface area (Å²) in [6.45, 7) is 2.08. The first-order valence-corrected chi connectivity index (χ1v) is 8.38. The van der Waals surface area contributed by atoms with E-state index in [1.165, 1.54) is 6.08 Å². The minimum absolute atomic E-state index is 0.263. The van der Waals surface area contributed by atoms with Crippen molar-refractivity contribution in [3.63, 3.8) is 0 Å². The van der Waals surface area contributed by atoms with Gasteiger partial charge in [-0.3, -0.25) is 20.4 Å². The van der Waals surface area contributed by atoms with Gasteiger partial charge in [-0.1, -0.05) is 30.3 Å². The Morgan fingerprint density at radius 3 is 2.22 bits per heavy atom. The summed E-state index contributed by atoms with van der Waals surface area (Å²) in [5, 5.41) is 0. The van der Waals surface area contributed by atoms with Gasteiger partial charge in [-0.05, 0) is 31.2 Å². The third-order valence-electron chi connectivity index (χ3n) is 3.39. The molecule has 0 aromatic heterocycles. The second-order valence-electron chi connectivity index (χ2n) is 5.28. The van der Waals surface area contributed by atoms with E-state index in [-0.39, 0.29) is 6.61 Å². The van der Waals surface area contributed by atoms with Crippen molar-refractivity contribution in [2.24, 2.45) is 0 Å². The molecule has 27 heavy (non-hydrogen) atoms. The van der Waals surface area contributed by atoms with Gasteiger partial charge < -0.3 is 14.2 Å². The van der Waals surface area contributed by atoms with Crippen molar-refractivity contribution in [1.82, 2.24) is 10.9 Å². The second-order valence-corrected chi connectivity index (χ2v) is 5.28. The van der Waals surface area contributed by atoms with Gasteiger partial charge in [0, 0.05) is 11.6 Å². The van der Waals surface area contributed by atoms with E-state index < -0.39 is 11.8 Å². The molecule has 2 aromatic carbocycles. The van der Waals surface area contributed by atoms with Gasteiger partial charge in [-0.25, -0.2) is 0 Å². The lowest BCUT2D eigenvalue weighted by atomic mass is 10.2. The molecule has 2 rings (SSSR count). The van der Waals surface area contributed by atoms with Crippen LogP contribution in [0.25, 0.3) is 6.08 Å². The van der Waals surface area contributed by atoms with Crippen LogP contribution in [0.15, 0.2) is 54.6 Å².